The number of benzene rings is 3. The Morgan fingerprint density at radius 2 is 1.58 bits per heavy atom. The second-order valence-electron chi connectivity index (χ2n) is 7.98. The Labute approximate surface area is 184 Å². The van der Waals surface area contributed by atoms with Crippen LogP contribution in [0.2, 0.25) is 0 Å². The molecular formula is C25H28N2O3S. The second-order valence-corrected chi connectivity index (χ2v) is 9.95. The first kappa shape index (κ1) is 22.6. The monoisotopic (exact) mass is 436 g/mol. The Hall–Kier alpha value is -3.12. The van der Waals surface area contributed by atoms with Crippen molar-refractivity contribution in [2.45, 2.75) is 38.5 Å². The van der Waals surface area contributed by atoms with Crippen molar-refractivity contribution in [3.8, 4) is 0 Å². The number of nitrogens with zero attached hydrogens (tertiary/aromatic N) is 1. The molecule has 0 fully saturated rings. The second kappa shape index (κ2) is 8.94. The fourth-order valence-corrected chi connectivity index (χ4v) is 4.57. The number of rotatable bonds is 6. The summed E-state index contributed by atoms with van der Waals surface area (Å²) in [6.07, 6.45) is 0. The SMILES string of the molecule is Cc1ccc(S(=O)(=O)N(C)c2cccc(C(=O)Nc3c(C)cccc3C(C)C)c2)cc1. The van der Waals surface area contributed by atoms with Gasteiger partial charge in [-0.1, -0.05) is 55.8 Å². The van der Waals surface area contributed by atoms with Crippen LogP contribution in [0.5, 0.6) is 0 Å². The molecule has 6 heteroatoms. The minimum absolute atomic E-state index is 0.206. The van der Waals surface area contributed by atoms with Gasteiger partial charge in [-0.2, -0.15) is 0 Å². The number of amides is 1. The van der Waals surface area contributed by atoms with E-state index in [0.29, 0.717) is 11.3 Å². The molecule has 0 aliphatic carbocycles. The zero-order chi connectivity index (χ0) is 22.8. The van der Waals surface area contributed by atoms with E-state index in [-0.39, 0.29) is 16.7 Å². The van der Waals surface area contributed by atoms with Gasteiger partial charge in [-0.25, -0.2) is 8.42 Å². The molecule has 0 aliphatic rings. The van der Waals surface area contributed by atoms with Gasteiger partial charge in [0.15, 0.2) is 0 Å². The molecule has 0 aromatic heterocycles. The van der Waals surface area contributed by atoms with Crippen molar-refractivity contribution in [3.05, 3.63) is 89.0 Å². The van der Waals surface area contributed by atoms with Crippen LogP contribution >= 0.6 is 0 Å². The predicted molar refractivity (Wildman–Crippen MR) is 126 cm³/mol. The molecule has 0 unspecified atom stereocenters. The van der Waals surface area contributed by atoms with E-state index >= 15 is 0 Å². The lowest BCUT2D eigenvalue weighted by atomic mass is 9.98. The van der Waals surface area contributed by atoms with E-state index in [0.717, 1.165) is 22.4 Å². The van der Waals surface area contributed by atoms with Gasteiger partial charge in [-0.05, 0) is 61.2 Å². The van der Waals surface area contributed by atoms with Gasteiger partial charge in [0, 0.05) is 18.3 Å². The van der Waals surface area contributed by atoms with Gasteiger partial charge in [0.2, 0.25) is 0 Å². The molecule has 1 N–H and O–H groups in total. The molecule has 0 atom stereocenters. The highest BCUT2D eigenvalue weighted by molar-refractivity contribution is 7.92. The molecule has 0 aliphatic heterocycles. The summed E-state index contributed by atoms with van der Waals surface area (Å²) in [5.74, 6) is -0.0218. The number of hydrogen-bond donors (Lipinski definition) is 1. The number of nitrogens with one attached hydrogen (secondary N) is 1. The lowest BCUT2D eigenvalue weighted by molar-refractivity contribution is 0.102. The number of hydrogen-bond acceptors (Lipinski definition) is 3. The Balaban J connectivity index is 1.90. The molecule has 162 valence electrons. The van der Waals surface area contributed by atoms with Gasteiger partial charge in [0.05, 0.1) is 10.6 Å². The molecular weight excluding hydrogens is 408 g/mol. The van der Waals surface area contributed by atoms with Gasteiger partial charge >= 0.3 is 0 Å². The highest BCUT2D eigenvalue weighted by Gasteiger charge is 2.22. The average Bonchev–Trinajstić information content (AvgIpc) is 2.74. The van der Waals surface area contributed by atoms with Gasteiger partial charge in [0.1, 0.15) is 0 Å². The highest BCUT2D eigenvalue weighted by atomic mass is 32.2. The Bertz CT molecular complexity index is 1200. The van der Waals surface area contributed by atoms with E-state index in [1.165, 1.54) is 11.4 Å². The van der Waals surface area contributed by atoms with Crippen LogP contribution < -0.4 is 9.62 Å². The summed E-state index contributed by atoms with van der Waals surface area (Å²) in [6.45, 7) is 8.02. The van der Waals surface area contributed by atoms with Gasteiger partial charge in [-0.3, -0.25) is 9.10 Å². The largest absolute Gasteiger partial charge is 0.321 e. The van der Waals surface area contributed by atoms with E-state index in [2.05, 4.69) is 19.2 Å². The van der Waals surface area contributed by atoms with Gasteiger partial charge in [0.25, 0.3) is 15.9 Å². The molecule has 0 saturated heterocycles. The molecule has 0 spiro atoms. The third-order valence-corrected chi connectivity index (χ3v) is 7.12. The van der Waals surface area contributed by atoms with Crippen LogP contribution in [0.1, 0.15) is 46.8 Å². The summed E-state index contributed by atoms with van der Waals surface area (Å²) in [5, 5.41) is 3.01. The van der Waals surface area contributed by atoms with Crippen molar-refractivity contribution in [2.75, 3.05) is 16.7 Å². The smallest absolute Gasteiger partial charge is 0.264 e. The van der Waals surface area contributed by atoms with Gasteiger partial charge in [-0.15, -0.1) is 0 Å². The lowest BCUT2D eigenvalue weighted by Crippen LogP contribution is -2.27. The molecule has 31 heavy (non-hydrogen) atoms. The van der Waals surface area contributed by atoms with Crippen LogP contribution in [-0.4, -0.2) is 21.4 Å². The minimum Gasteiger partial charge on any atom is -0.321 e. The maximum atomic E-state index is 13.0. The summed E-state index contributed by atoms with van der Waals surface area (Å²) in [7, 11) is -2.24. The van der Waals surface area contributed by atoms with E-state index in [1.807, 2.05) is 32.0 Å². The molecule has 0 saturated carbocycles. The molecule has 3 rings (SSSR count). The first-order valence-corrected chi connectivity index (χ1v) is 11.6. The van der Waals surface area contributed by atoms with Crippen LogP contribution in [0.25, 0.3) is 0 Å². The standard InChI is InChI=1S/C25H28N2O3S/c1-17(2)23-11-6-8-19(4)24(23)26-25(28)20-9-7-10-21(16-20)27(5)31(29,30)22-14-12-18(3)13-15-22/h6-17H,1-5H3,(H,26,28). The fraction of sp³-hybridized carbons (Fsp3) is 0.240. The molecule has 3 aromatic rings. The third kappa shape index (κ3) is 4.80. The van der Waals surface area contributed by atoms with E-state index in [9.17, 15) is 13.2 Å². The maximum Gasteiger partial charge on any atom is 0.264 e. The normalized spacial score (nSPS) is 11.4. The Kier molecular flexibility index (Phi) is 6.51. The van der Waals surface area contributed by atoms with Crippen LogP contribution in [0.4, 0.5) is 11.4 Å². The fourth-order valence-electron chi connectivity index (χ4n) is 3.38. The molecule has 0 radical (unpaired) electrons. The van der Waals surface area contributed by atoms with E-state index in [4.69, 9.17) is 0 Å². The number of para-hydroxylation sites is 1. The van der Waals surface area contributed by atoms with E-state index < -0.39 is 10.0 Å². The first-order chi connectivity index (χ1) is 14.6. The molecule has 0 heterocycles. The van der Waals surface area contributed by atoms with Crippen LogP contribution in [0, 0.1) is 13.8 Å². The number of aryl methyl sites for hydroxylation is 2. The zero-order valence-electron chi connectivity index (χ0n) is 18.5. The van der Waals surface area contributed by atoms with Crippen LogP contribution in [0.3, 0.4) is 0 Å². The summed E-state index contributed by atoms with van der Waals surface area (Å²) < 4.78 is 27.2. The molecule has 5 nitrogen and oxygen atoms in total. The molecule has 3 aromatic carbocycles. The van der Waals surface area contributed by atoms with Gasteiger partial charge < -0.3 is 5.32 Å². The van der Waals surface area contributed by atoms with Crippen molar-refractivity contribution in [2.24, 2.45) is 0 Å². The quantitative estimate of drug-likeness (QED) is 0.554. The van der Waals surface area contributed by atoms with Crippen molar-refractivity contribution in [1.29, 1.82) is 0 Å². The zero-order valence-corrected chi connectivity index (χ0v) is 19.3. The molecule has 1 amide bonds. The number of carbonyl (C=O) groups is 1. The van der Waals surface area contributed by atoms with Crippen molar-refractivity contribution in [3.63, 3.8) is 0 Å². The van der Waals surface area contributed by atoms with Crippen molar-refractivity contribution < 1.29 is 13.2 Å². The van der Waals surface area contributed by atoms with Crippen molar-refractivity contribution >= 4 is 27.3 Å². The average molecular weight is 437 g/mol. The maximum absolute atomic E-state index is 13.0. The topological polar surface area (TPSA) is 66.5 Å². The number of carbonyl (C=O) groups excluding carboxylic acids is 1. The summed E-state index contributed by atoms with van der Waals surface area (Å²) in [5.41, 5.74) is 4.63. The van der Waals surface area contributed by atoms with Crippen LogP contribution in [0.15, 0.2) is 71.6 Å². The highest BCUT2D eigenvalue weighted by Crippen LogP contribution is 2.29. The number of sulfonamides is 1. The summed E-state index contributed by atoms with van der Waals surface area (Å²) in [6, 6.07) is 19.3. The predicted octanol–water partition coefficient (Wildman–Crippen LogP) is 5.50. The molecule has 0 bridgehead atoms. The summed E-state index contributed by atoms with van der Waals surface area (Å²) in [4.78, 5) is 13.2. The Morgan fingerprint density at radius 3 is 2.23 bits per heavy atom. The Morgan fingerprint density at radius 1 is 0.935 bits per heavy atom. The summed E-state index contributed by atoms with van der Waals surface area (Å²) >= 11 is 0. The lowest BCUT2D eigenvalue weighted by Gasteiger charge is -2.21. The third-order valence-electron chi connectivity index (χ3n) is 5.32. The van der Waals surface area contributed by atoms with E-state index in [1.54, 1.807) is 48.5 Å². The van der Waals surface area contributed by atoms with Crippen LogP contribution in [-0.2, 0) is 10.0 Å². The minimum atomic E-state index is -3.73. The van der Waals surface area contributed by atoms with Crippen molar-refractivity contribution in [1.82, 2.24) is 0 Å². The number of anilines is 2. The first-order valence-electron chi connectivity index (χ1n) is 10.2.